The topological polar surface area (TPSA) is 61.9 Å². The van der Waals surface area contributed by atoms with E-state index >= 15 is 0 Å². The number of carbonyl (C=O) groups is 1. The lowest BCUT2D eigenvalue weighted by Gasteiger charge is -2.48. The Labute approximate surface area is 142 Å². The summed E-state index contributed by atoms with van der Waals surface area (Å²) in [5, 5.41) is 6.87. The number of rotatable bonds is 2. The van der Waals surface area contributed by atoms with Crippen molar-refractivity contribution in [3.63, 3.8) is 0 Å². The molecule has 2 fully saturated rings. The fourth-order valence-corrected chi connectivity index (χ4v) is 4.59. The zero-order chi connectivity index (χ0) is 16.5. The van der Waals surface area contributed by atoms with Crippen LogP contribution in [-0.4, -0.2) is 38.6 Å². The molecule has 2 aliphatic rings. The van der Waals surface area contributed by atoms with Crippen molar-refractivity contribution in [1.82, 2.24) is 20.1 Å². The van der Waals surface area contributed by atoms with Crippen molar-refractivity contribution in [3.8, 4) is 0 Å². The number of nitrogens with one attached hydrogen (secondary N) is 1. The molecule has 2 aromatic rings. The second-order valence-electron chi connectivity index (χ2n) is 7.06. The van der Waals surface area contributed by atoms with Gasteiger partial charge < -0.3 is 4.90 Å². The molecule has 0 unspecified atom stereocenters. The molecule has 24 heavy (non-hydrogen) atoms. The van der Waals surface area contributed by atoms with Crippen molar-refractivity contribution in [3.05, 3.63) is 47.5 Å². The molecule has 2 heterocycles. The third kappa shape index (κ3) is 2.72. The zero-order valence-electron chi connectivity index (χ0n) is 14.1. The van der Waals surface area contributed by atoms with Gasteiger partial charge in [-0.15, -0.1) is 5.10 Å². The summed E-state index contributed by atoms with van der Waals surface area (Å²) in [5.74, 6) is 2.11. The van der Waals surface area contributed by atoms with Crippen LogP contribution >= 0.6 is 0 Å². The number of likely N-dealkylation sites (tertiary alicyclic amines) is 1. The number of aromatic amines is 1. The monoisotopic (exact) mass is 324 g/mol. The molecule has 5 heteroatoms. The lowest BCUT2D eigenvalue weighted by Crippen LogP contribution is -2.52. The first-order chi connectivity index (χ1) is 11.7. The fourth-order valence-electron chi connectivity index (χ4n) is 4.59. The van der Waals surface area contributed by atoms with Crippen molar-refractivity contribution < 1.29 is 4.79 Å². The molecular formula is C19H24N4O. The number of carbonyl (C=O) groups excluding carboxylic acids is 1. The maximum absolute atomic E-state index is 12.9. The van der Waals surface area contributed by atoms with Crippen LogP contribution in [0.4, 0.5) is 0 Å². The van der Waals surface area contributed by atoms with Crippen LogP contribution in [0.2, 0.25) is 0 Å². The van der Waals surface area contributed by atoms with E-state index in [0.717, 1.165) is 19.4 Å². The molecule has 1 aromatic heterocycles. The van der Waals surface area contributed by atoms with Crippen LogP contribution in [-0.2, 0) is 0 Å². The Kier molecular flexibility index (Phi) is 4.08. The summed E-state index contributed by atoms with van der Waals surface area (Å²) in [7, 11) is 0. The molecule has 1 saturated carbocycles. The Hall–Kier alpha value is -2.17. The van der Waals surface area contributed by atoms with E-state index in [0.29, 0.717) is 29.5 Å². The summed E-state index contributed by atoms with van der Waals surface area (Å²) in [6.45, 7) is 2.63. The van der Waals surface area contributed by atoms with Crippen LogP contribution in [0.15, 0.2) is 30.3 Å². The van der Waals surface area contributed by atoms with Crippen LogP contribution < -0.4 is 0 Å². The number of amides is 1. The third-order valence-electron chi connectivity index (χ3n) is 5.66. The van der Waals surface area contributed by atoms with E-state index < -0.39 is 0 Å². The quantitative estimate of drug-likeness (QED) is 0.922. The van der Waals surface area contributed by atoms with Crippen molar-refractivity contribution in [2.24, 2.45) is 5.92 Å². The Morgan fingerprint density at radius 3 is 2.71 bits per heavy atom. The van der Waals surface area contributed by atoms with Crippen molar-refractivity contribution >= 4 is 5.91 Å². The lowest BCUT2D eigenvalue weighted by molar-refractivity contribution is 0.0309. The first kappa shape index (κ1) is 15.4. The molecule has 1 aliphatic heterocycles. The van der Waals surface area contributed by atoms with Gasteiger partial charge in [-0.25, -0.2) is 4.98 Å². The number of hydrogen-bond acceptors (Lipinski definition) is 3. The Bertz CT molecular complexity index is 711. The van der Waals surface area contributed by atoms with E-state index in [1.54, 1.807) is 0 Å². The van der Waals surface area contributed by atoms with E-state index in [1.165, 1.54) is 24.8 Å². The Morgan fingerprint density at radius 1 is 1.17 bits per heavy atom. The standard InChI is InChI=1S/C19H24N4O/c1-13-20-18(22-21-13)19(24)23-12-11-15(14-7-3-2-4-8-14)16-9-5-6-10-17(16)23/h2-4,7-8,15-17H,5-6,9-12H2,1H3,(H,20,21,22)/t15-,16-,17-/m1/s1. The molecule has 126 valence electrons. The SMILES string of the molecule is Cc1nc(C(=O)N2CC[C@H](c3ccccc3)[C@H]3CCCC[C@H]32)n[nH]1. The molecule has 0 bridgehead atoms. The maximum Gasteiger partial charge on any atom is 0.293 e. The van der Waals surface area contributed by atoms with Gasteiger partial charge in [-0.3, -0.25) is 9.89 Å². The van der Waals surface area contributed by atoms with Crippen LogP contribution in [0.1, 0.15) is 60.0 Å². The molecule has 0 spiro atoms. The summed E-state index contributed by atoms with van der Waals surface area (Å²) in [6, 6.07) is 11.1. The van der Waals surface area contributed by atoms with Crippen LogP contribution in [0.3, 0.4) is 0 Å². The predicted octanol–water partition coefficient (Wildman–Crippen LogP) is 3.30. The first-order valence-electron chi connectivity index (χ1n) is 8.99. The second-order valence-corrected chi connectivity index (χ2v) is 7.06. The zero-order valence-corrected chi connectivity index (χ0v) is 14.1. The summed E-state index contributed by atoms with van der Waals surface area (Å²) < 4.78 is 0. The van der Waals surface area contributed by atoms with Gasteiger partial charge in [0.1, 0.15) is 5.82 Å². The number of benzene rings is 1. The number of nitrogens with zero attached hydrogens (tertiary/aromatic N) is 3. The molecular weight excluding hydrogens is 300 g/mol. The maximum atomic E-state index is 12.9. The van der Waals surface area contributed by atoms with Gasteiger partial charge >= 0.3 is 0 Å². The number of fused-ring (bicyclic) bond motifs is 1. The largest absolute Gasteiger partial charge is 0.333 e. The number of piperidine rings is 1. The van der Waals surface area contributed by atoms with Crippen LogP contribution in [0, 0.1) is 12.8 Å². The predicted molar refractivity (Wildman–Crippen MR) is 91.7 cm³/mol. The van der Waals surface area contributed by atoms with Gasteiger partial charge in [-0.05, 0) is 43.6 Å². The number of H-pyrrole nitrogens is 1. The molecule has 0 radical (unpaired) electrons. The molecule has 5 nitrogen and oxygen atoms in total. The number of hydrogen-bond donors (Lipinski definition) is 1. The smallest absolute Gasteiger partial charge is 0.293 e. The van der Waals surface area contributed by atoms with Crippen LogP contribution in [0.5, 0.6) is 0 Å². The van der Waals surface area contributed by atoms with Gasteiger partial charge in [0.15, 0.2) is 0 Å². The molecule has 1 N–H and O–H groups in total. The summed E-state index contributed by atoms with van der Waals surface area (Å²) in [4.78, 5) is 19.2. The summed E-state index contributed by atoms with van der Waals surface area (Å²) >= 11 is 0. The minimum absolute atomic E-state index is 0.0113. The first-order valence-corrected chi connectivity index (χ1v) is 8.99. The highest BCUT2D eigenvalue weighted by Gasteiger charge is 2.42. The van der Waals surface area contributed by atoms with Gasteiger partial charge in [0.05, 0.1) is 0 Å². The second kappa shape index (κ2) is 6.38. The highest BCUT2D eigenvalue weighted by molar-refractivity contribution is 5.90. The van der Waals surface area contributed by atoms with Gasteiger partial charge in [0.2, 0.25) is 5.82 Å². The van der Waals surface area contributed by atoms with Crippen molar-refractivity contribution in [2.75, 3.05) is 6.54 Å². The minimum Gasteiger partial charge on any atom is -0.333 e. The lowest BCUT2D eigenvalue weighted by atomic mass is 9.69. The van der Waals surface area contributed by atoms with E-state index in [1.807, 2.05) is 11.8 Å². The highest BCUT2D eigenvalue weighted by atomic mass is 16.2. The summed E-state index contributed by atoms with van der Waals surface area (Å²) in [5.41, 5.74) is 1.43. The summed E-state index contributed by atoms with van der Waals surface area (Å²) in [6.07, 6.45) is 5.82. The van der Waals surface area contributed by atoms with Gasteiger partial charge in [-0.1, -0.05) is 43.2 Å². The normalized spacial score (nSPS) is 26.9. The van der Waals surface area contributed by atoms with E-state index in [-0.39, 0.29) is 5.91 Å². The van der Waals surface area contributed by atoms with Crippen LogP contribution in [0.25, 0.3) is 0 Å². The van der Waals surface area contributed by atoms with E-state index in [2.05, 4.69) is 45.5 Å². The van der Waals surface area contributed by atoms with Gasteiger partial charge in [-0.2, -0.15) is 0 Å². The van der Waals surface area contributed by atoms with E-state index in [4.69, 9.17) is 0 Å². The fraction of sp³-hybridized carbons (Fsp3) is 0.526. The van der Waals surface area contributed by atoms with Crippen molar-refractivity contribution in [2.45, 2.75) is 51.0 Å². The number of aryl methyl sites for hydroxylation is 1. The Balaban J connectivity index is 1.60. The highest BCUT2D eigenvalue weighted by Crippen LogP contribution is 2.44. The molecule has 1 aromatic carbocycles. The average Bonchev–Trinajstić information content (AvgIpc) is 3.07. The van der Waals surface area contributed by atoms with E-state index in [9.17, 15) is 4.79 Å². The minimum atomic E-state index is -0.0113. The molecule has 4 rings (SSSR count). The van der Waals surface area contributed by atoms with Gasteiger partial charge in [0.25, 0.3) is 5.91 Å². The Morgan fingerprint density at radius 2 is 1.96 bits per heavy atom. The van der Waals surface area contributed by atoms with Gasteiger partial charge in [0, 0.05) is 12.6 Å². The molecule has 1 saturated heterocycles. The number of aromatic nitrogens is 3. The molecule has 3 atom stereocenters. The molecule has 1 amide bonds. The third-order valence-corrected chi connectivity index (χ3v) is 5.66. The average molecular weight is 324 g/mol. The van der Waals surface area contributed by atoms with Crippen molar-refractivity contribution in [1.29, 1.82) is 0 Å². The molecule has 1 aliphatic carbocycles.